The molecule has 1 fully saturated rings. The van der Waals surface area contributed by atoms with Gasteiger partial charge in [-0.1, -0.05) is 61.5 Å². The van der Waals surface area contributed by atoms with Gasteiger partial charge in [-0.15, -0.1) is 0 Å². The van der Waals surface area contributed by atoms with Gasteiger partial charge >= 0.3 is 0 Å². The summed E-state index contributed by atoms with van der Waals surface area (Å²) >= 11 is 0. The molecule has 1 N–H and O–H groups in total. The zero-order chi connectivity index (χ0) is 16.4. The number of fused-ring (bicyclic) bond motifs is 1. The summed E-state index contributed by atoms with van der Waals surface area (Å²) in [4.78, 5) is 0. The summed E-state index contributed by atoms with van der Waals surface area (Å²) in [7, 11) is 0. The van der Waals surface area contributed by atoms with Crippen molar-refractivity contribution in [1.29, 1.82) is 0 Å². The Hall–Kier alpha value is -1.64. The third kappa shape index (κ3) is 3.13. The SMILES string of the molecule is CC(C1CC(c2ccccc2)CCN1)C1OCCc2ccccc21. The molecule has 4 rings (SSSR count). The fourth-order valence-corrected chi connectivity index (χ4v) is 4.45. The predicted octanol–water partition coefficient (Wildman–Crippen LogP) is 4.47. The van der Waals surface area contributed by atoms with Crippen LogP contribution < -0.4 is 5.32 Å². The van der Waals surface area contributed by atoms with Crippen LogP contribution in [0.1, 0.15) is 48.5 Å². The zero-order valence-corrected chi connectivity index (χ0v) is 14.4. The maximum atomic E-state index is 6.22. The lowest BCUT2D eigenvalue weighted by Crippen LogP contribution is -2.44. The highest BCUT2D eigenvalue weighted by Crippen LogP contribution is 2.38. The van der Waals surface area contributed by atoms with Gasteiger partial charge in [-0.25, -0.2) is 0 Å². The second-order valence-electron chi connectivity index (χ2n) is 7.29. The number of nitrogens with one attached hydrogen (secondary N) is 1. The van der Waals surface area contributed by atoms with Crippen LogP contribution in [0.5, 0.6) is 0 Å². The Labute approximate surface area is 145 Å². The van der Waals surface area contributed by atoms with Crippen LogP contribution in [0.15, 0.2) is 54.6 Å². The number of hydrogen-bond donors (Lipinski definition) is 1. The van der Waals surface area contributed by atoms with E-state index in [0.29, 0.717) is 17.9 Å². The average Bonchev–Trinajstić information content (AvgIpc) is 2.68. The minimum atomic E-state index is 0.224. The Bertz CT molecular complexity index is 669. The van der Waals surface area contributed by atoms with Crippen molar-refractivity contribution in [2.75, 3.05) is 13.2 Å². The maximum absolute atomic E-state index is 6.22. The van der Waals surface area contributed by atoms with Crippen molar-refractivity contribution in [3.8, 4) is 0 Å². The lowest BCUT2D eigenvalue weighted by Gasteiger charge is -2.39. The molecule has 2 aliphatic heterocycles. The Morgan fingerprint density at radius 2 is 1.83 bits per heavy atom. The quantitative estimate of drug-likeness (QED) is 0.900. The van der Waals surface area contributed by atoms with Crippen LogP contribution in [0.3, 0.4) is 0 Å². The van der Waals surface area contributed by atoms with Gasteiger partial charge in [-0.2, -0.15) is 0 Å². The van der Waals surface area contributed by atoms with Gasteiger partial charge in [0, 0.05) is 12.0 Å². The first-order valence-corrected chi connectivity index (χ1v) is 9.30. The minimum Gasteiger partial charge on any atom is -0.373 e. The third-order valence-electron chi connectivity index (χ3n) is 5.85. The summed E-state index contributed by atoms with van der Waals surface area (Å²) in [6.45, 7) is 4.31. The highest BCUT2D eigenvalue weighted by Gasteiger charge is 2.34. The summed E-state index contributed by atoms with van der Waals surface area (Å²) < 4.78 is 6.22. The number of piperidine rings is 1. The Balaban J connectivity index is 1.51. The molecular formula is C22H27NO. The smallest absolute Gasteiger partial charge is 0.0868 e. The predicted molar refractivity (Wildman–Crippen MR) is 98.2 cm³/mol. The molecule has 2 heteroatoms. The summed E-state index contributed by atoms with van der Waals surface area (Å²) in [5.74, 6) is 1.15. The van der Waals surface area contributed by atoms with E-state index < -0.39 is 0 Å². The second-order valence-corrected chi connectivity index (χ2v) is 7.29. The van der Waals surface area contributed by atoms with E-state index in [4.69, 9.17) is 4.74 Å². The first-order valence-electron chi connectivity index (χ1n) is 9.30. The molecule has 0 aliphatic carbocycles. The average molecular weight is 321 g/mol. The molecule has 0 radical (unpaired) electrons. The van der Waals surface area contributed by atoms with E-state index >= 15 is 0 Å². The van der Waals surface area contributed by atoms with Crippen LogP contribution >= 0.6 is 0 Å². The van der Waals surface area contributed by atoms with E-state index in [1.807, 2.05) is 0 Å². The topological polar surface area (TPSA) is 21.3 Å². The molecule has 4 atom stereocenters. The Kier molecular flexibility index (Phi) is 4.68. The summed E-state index contributed by atoms with van der Waals surface area (Å²) in [6.07, 6.45) is 3.70. The van der Waals surface area contributed by atoms with E-state index in [1.165, 1.54) is 29.5 Å². The van der Waals surface area contributed by atoms with Crippen LogP contribution in [-0.2, 0) is 11.2 Å². The van der Waals surface area contributed by atoms with Crippen molar-refractivity contribution in [3.63, 3.8) is 0 Å². The maximum Gasteiger partial charge on any atom is 0.0868 e. The zero-order valence-electron chi connectivity index (χ0n) is 14.4. The van der Waals surface area contributed by atoms with Crippen LogP contribution in [0.2, 0.25) is 0 Å². The fourth-order valence-electron chi connectivity index (χ4n) is 4.45. The van der Waals surface area contributed by atoms with Gasteiger partial charge in [0.05, 0.1) is 12.7 Å². The van der Waals surface area contributed by atoms with Crippen molar-refractivity contribution in [2.24, 2.45) is 5.92 Å². The molecule has 2 nitrogen and oxygen atoms in total. The number of hydrogen-bond acceptors (Lipinski definition) is 2. The van der Waals surface area contributed by atoms with Gasteiger partial charge in [-0.3, -0.25) is 0 Å². The van der Waals surface area contributed by atoms with Gasteiger partial charge in [0.25, 0.3) is 0 Å². The molecule has 2 heterocycles. The first kappa shape index (κ1) is 15.9. The van der Waals surface area contributed by atoms with E-state index in [-0.39, 0.29) is 6.10 Å². The molecule has 0 bridgehead atoms. The van der Waals surface area contributed by atoms with E-state index in [0.717, 1.165) is 19.6 Å². The molecule has 1 saturated heterocycles. The molecule has 0 saturated carbocycles. The van der Waals surface area contributed by atoms with E-state index in [2.05, 4.69) is 66.8 Å². The standard InChI is InChI=1S/C22H27NO/c1-16(22-20-10-6-5-9-18(20)12-14-24-22)21-15-19(11-13-23-21)17-7-3-2-4-8-17/h2-10,16,19,21-23H,11-15H2,1H3. The molecule has 4 unspecified atom stereocenters. The van der Waals surface area contributed by atoms with Gasteiger partial charge in [0.15, 0.2) is 0 Å². The van der Waals surface area contributed by atoms with Crippen LogP contribution in [-0.4, -0.2) is 19.2 Å². The molecule has 2 aliphatic rings. The summed E-state index contributed by atoms with van der Waals surface area (Å²) in [5.41, 5.74) is 4.36. The van der Waals surface area contributed by atoms with E-state index in [9.17, 15) is 0 Å². The monoisotopic (exact) mass is 321 g/mol. The highest BCUT2D eigenvalue weighted by atomic mass is 16.5. The number of ether oxygens (including phenoxy) is 1. The molecule has 24 heavy (non-hydrogen) atoms. The fraction of sp³-hybridized carbons (Fsp3) is 0.455. The third-order valence-corrected chi connectivity index (χ3v) is 5.85. The number of benzene rings is 2. The van der Waals surface area contributed by atoms with E-state index in [1.54, 1.807) is 0 Å². The van der Waals surface area contributed by atoms with Gasteiger partial charge in [0.1, 0.15) is 0 Å². The molecule has 0 aromatic heterocycles. The minimum absolute atomic E-state index is 0.224. The normalized spacial score (nSPS) is 28.1. The Morgan fingerprint density at radius 3 is 2.71 bits per heavy atom. The largest absolute Gasteiger partial charge is 0.373 e. The first-order chi connectivity index (χ1) is 11.8. The lowest BCUT2D eigenvalue weighted by molar-refractivity contribution is -0.00893. The van der Waals surface area contributed by atoms with Crippen LogP contribution in [0, 0.1) is 5.92 Å². The molecule has 126 valence electrons. The highest BCUT2D eigenvalue weighted by molar-refractivity contribution is 5.31. The second kappa shape index (κ2) is 7.08. The van der Waals surface area contributed by atoms with Crippen molar-refractivity contribution < 1.29 is 4.74 Å². The van der Waals surface area contributed by atoms with Crippen molar-refractivity contribution in [2.45, 2.75) is 44.2 Å². The molecular weight excluding hydrogens is 294 g/mol. The Morgan fingerprint density at radius 1 is 1.04 bits per heavy atom. The van der Waals surface area contributed by atoms with Crippen molar-refractivity contribution >= 4 is 0 Å². The summed E-state index contributed by atoms with van der Waals surface area (Å²) in [5, 5.41) is 3.77. The molecule has 0 amide bonds. The van der Waals surface area contributed by atoms with Gasteiger partial charge in [0.2, 0.25) is 0 Å². The van der Waals surface area contributed by atoms with Crippen molar-refractivity contribution in [3.05, 3.63) is 71.3 Å². The number of rotatable bonds is 3. The summed E-state index contributed by atoms with van der Waals surface area (Å²) in [6, 6.07) is 20.3. The van der Waals surface area contributed by atoms with Crippen molar-refractivity contribution in [1.82, 2.24) is 5.32 Å². The molecule has 0 spiro atoms. The van der Waals surface area contributed by atoms with Gasteiger partial charge in [-0.05, 0) is 48.4 Å². The molecule has 2 aromatic carbocycles. The molecule has 2 aromatic rings. The van der Waals surface area contributed by atoms with Gasteiger partial charge < -0.3 is 10.1 Å². The van der Waals surface area contributed by atoms with Crippen LogP contribution in [0.4, 0.5) is 0 Å². The van der Waals surface area contributed by atoms with Crippen LogP contribution in [0.25, 0.3) is 0 Å². The lowest BCUT2D eigenvalue weighted by atomic mass is 9.78.